The number of nitrogens with two attached hydrogens (primary N) is 1. The minimum Gasteiger partial charge on any atom is -0.493 e. The lowest BCUT2D eigenvalue weighted by Gasteiger charge is -2.20. The fourth-order valence-electron chi connectivity index (χ4n) is 1.64. The Morgan fingerprint density at radius 1 is 1.37 bits per heavy atom. The summed E-state index contributed by atoms with van der Waals surface area (Å²) in [5, 5.41) is 5.10. The number of ether oxygens (including phenoxy) is 1. The van der Waals surface area contributed by atoms with E-state index in [1.54, 1.807) is 0 Å². The van der Waals surface area contributed by atoms with Crippen LogP contribution in [0, 0.1) is 18.8 Å². The minimum absolute atomic E-state index is 0.0554. The van der Waals surface area contributed by atoms with Crippen LogP contribution in [0.3, 0.4) is 0 Å². The van der Waals surface area contributed by atoms with Gasteiger partial charge in [-0.05, 0) is 36.6 Å². The predicted molar refractivity (Wildman–Crippen MR) is 80.7 cm³/mol. The zero-order valence-electron chi connectivity index (χ0n) is 11.4. The van der Waals surface area contributed by atoms with Crippen molar-refractivity contribution in [3.8, 4) is 5.75 Å². The molecular formula is C13H20BrNO3S. The smallest absolute Gasteiger partial charge is 0.209 e. The molecule has 0 saturated carbocycles. The maximum atomic E-state index is 11.2. The molecule has 0 aromatic heterocycles. The van der Waals surface area contributed by atoms with Gasteiger partial charge in [-0.2, -0.15) is 0 Å². The van der Waals surface area contributed by atoms with Crippen LogP contribution in [0.2, 0.25) is 0 Å². The topological polar surface area (TPSA) is 69.4 Å². The molecule has 0 heterocycles. The molecule has 1 rings (SSSR count). The molecule has 0 saturated heterocycles. The maximum Gasteiger partial charge on any atom is 0.209 e. The van der Waals surface area contributed by atoms with Gasteiger partial charge in [0.25, 0.3) is 0 Å². The lowest BCUT2D eigenvalue weighted by atomic mass is 9.99. The van der Waals surface area contributed by atoms with E-state index in [0.29, 0.717) is 6.61 Å². The highest BCUT2D eigenvalue weighted by atomic mass is 79.9. The Labute approximate surface area is 123 Å². The molecule has 0 fully saturated rings. The lowest BCUT2D eigenvalue weighted by molar-refractivity contribution is 0.224. The molecule has 2 N–H and O–H groups in total. The standard InChI is InChI=1S/C13H20BrNO3S/c1-9(2)11(8-19(15,16)17)7-18-12-4-5-13(14)10(3)6-12/h4-6,9,11H,7-8H2,1-3H3,(H2,15,16,17). The Bertz CT molecular complexity index is 529. The van der Waals surface area contributed by atoms with E-state index in [1.807, 2.05) is 39.0 Å². The van der Waals surface area contributed by atoms with E-state index in [0.717, 1.165) is 15.8 Å². The zero-order valence-corrected chi connectivity index (χ0v) is 13.8. The molecule has 0 radical (unpaired) electrons. The number of hydrogen-bond donors (Lipinski definition) is 1. The van der Waals surface area contributed by atoms with E-state index in [9.17, 15) is 8.42 Å². The lowest BCUT2D eigenvalue weighted by Crippen LogP contribution is -2.30. The summed E-state index contributed by atoms with van der Waals surface area (Å²) >= 11 is 3.42. The molecule has 0 amide bonds. The van der Waals surface area contributed by atoms with Crippen molar-refractivity contribution in [1.82, 2.24) is 0 Å². The summed E-state index contributed by atoms with van der Waals surface area (Å²) in [6, 6.07) is 5.68. The normalized spacial score (nSPS) is 13.6. The molecular weight excluding hydrogens is 330 g/mol. The van der Waals surface area contributed by atoms with Gasteiger partial charge in [-0.1, -0.05) is 29.8 Å². The number of halogens is 1. The predicted octanol–water partition coefficient (Wildman–Crippen LogP) is 2.70. The summed E-state index contributed by atoms with van der Waals surface area (Å²) in [6.45, 7) is 6.24. The third-order valence-electron chi connectivity index (χ3n) is 2.98. The Balaban J connectivity index is 2.68. The van der Waals surface area contributed by atoms with E-state index in [1.165, 1.54) is 0 Å². The fourth-order valence-corrected chi connectivity index (χ4v) is 2.97. The third-order valence-corrected chi connectivity index (χ3v) is 4.77. The van der Waals surface area contributed by atoms with Crippen molar-refractivity contribution < 1.29 is 13.2 Å². The number of rotatable bonds is 6. The van der Waals surface area contributed by atoms with Gasteiger partial charge in [-0.25, -0.2) is 13.6 Å². The molecule has 4 nitrogen and oxygen atoms in total. The SMILES string of the molecule is Cc1cc(OCC(CS(N)(=O)=O)C(C)C)ccc1Br. The van der Waals surface area contributed by atoms with Crippen LogP contribution in [-0.4, -0.2) is 20.8 Å². The number of sulfonamides is 1. The first-order valence-corrected chi connectivity index (χ1v) is 8.59. The molecule has 1 unspecified atom stereocenters. The van der Waals surface area contributed by atoms with Crippen molar-refractivity contribution in [1.29, 1.82) is 0 Å². The summed E-state index contributed by atoms with van der Waals surface area (Å²) in [5.74, 6) is 0.759. The van der Waals surface area contributed by atoms with Crippen molar-refractivity contribution in [3.63, 3.8) is 0 Å². The minimum atomic E-state index is -3.48. The van der Waals surface area contributed by atoms with Crippen LogP contribution in [-0.2, 0) is 10.0 Å². The molecule has 1 aromatic rings. The van der Waals surface area contributed by atoms with Gasteiger partial charge < -0.3 is 4.74 Å². The monoisotopic (exact) mass is 349 g/mol. The third kappa shape index (κ3) is 5.93. The zero-order chi connectivity index (χ0) is 14.6. The summed E-state index contributed by atoms with van der Waals surface area (Å²) in [5.41, 5.74) is 1.07. The quantitative estimate of drug-likeness (QED) is 0.858. The highest BCUT2D eigenvalue weighted by Gasteiger charge is 2.20. The number of benzene rings is 1. The molecule has 0 spiro atoms. The van der Waals surface area contributed by atoms with E-state index in [-0.39, 0.29) is 17.6 Å². The number of hydrogen-bond acceptors (Lipinski definition) is 3. The van der Waals surface area contributed by atoms with Crippen LogP contribution in [0.1, 0.15) is 19.4 Å². The van der Waals surface area contributed by atoms with Gasteiger partial charge in [-0.3, -0.25) is 0 Å². The average molecular weight is 350 g/mol. The van der Waals surface area contributed by atoms with Crippen LogP contribution >= 0.6 is 15.9 Å². The first-order chi connectivity index (χ1) is 8.69. The molecule has 6 heteroatoms. The van der Waals surface area contributed by atoms with E-state index < -0.39 is 10.0 Å². The molecule has 1 aromatic carbocycles. The van der Waals surface area contributed by atoms with Gasteiger partial charge in [0.15, 0.2) is 0 Å². The molecule has 108 valence electrons. The van der Waals surface area contributed by atoms with Crippen LogP contribution < -0.4 is 9.88 Å². The summed E-state index contributed by atoms with van der Waals surface area (Å²) in [7, 11) is -3.48. The molecule has 19 heavy (non-hydrogen) atoms. The summed E-state index contributed by atoms with van der Waals surface area (Å²) in [4.78, 5) is 0. The van der Waals surface area contributed by atoms with E-state index >= 15 is 0 Å². The molecule has 0 aliphatic carbocycles. The Hall–Kier alpha value is -0.590. The van der Waals surface area contributed by atoms with Gasteiger partial charge in [0.1, 0.15) is 5.75 Å². The second kappa shape index (κ2) is 6.72. The fraction of sp³-hybridized carbons (Fsp3) is 0.538. The van der Waals surface area contributed by atoms with Gasteiger partial charge in [0, 0.05) is 10.4 Å². The second-order valence-electron chi connectivity index (χ2n) is 5.06. The second-order valence-corrected chi connectivity index (χ2v) is 7.57. The Morgan fingerprint density at radius 3 is 2.47 bits per heavy atom. The van der Waals surface area contributed by atoms with Crippen molar-refractivity contribution in [3.05, 3.63) is 28.2 Å². The maximum absolute atomic E-state index is 11.2. The van der Waals surface area contributed by atoms with Gasteiger partial charge in [0.2, 0.25) is 10.0 Å². The van der Waals surface area contributed by atoms with Crippen molar-refractivity contribution >= 4 is 26.0 Å². The number of aryl methyl sites for hydroxylation is 1. The first kappa shape index (κ1) is 16.5. The molecule has 0 aliphatic heterocycles. The van der Waals surface area contributed by atoms with Crippen molar-refractivity contribution in [2.24, 2.45) is 17.0 Å². The highest BCUT2D eigenvalue weighted by Crippen LogP contribution is 2.23. The molecule has 1 atom stereocenters. The van der Waals surface area contributed by atoms with Crippen LogP contribution in [0.15, 0.2) is 22.7 Å². The van der Waals surface area contributed by atoms with E-state index in [2.05, 4.69) is 15.9 Å². The molecule has 0 aliphatic rings. The summed E-state index contributed by atoms with van der Waals surface area (Å²) < 4.78 is 29.0. The number of primary sulfonamides is 1. The first-order valence-electron chi connectivity index (χ1n) is 6.08. The van der Waals surface area contributed by atoms with Gasteiger partial charge in [-0.15, -0.1) is 0 Å². The average Bonchev–Trinajstić information content (AvgIpc) is 2.27. The van der Waals surface area contributed by atoms with Crippen molar-refractivity contribution in [2.75, 3.05) is 12.4 Å². The van der Waals surface area contributed by atoms with Crippen LogP contribution in [0.25, 0.3) is 0 Å². The van der Waals surface area contributed by atoms with Gasteiger partial charge >= 0.3 is 0 Å². The van der Waals surface area contributed by atoms with Crippen LogP contribution in [0.5, 0.6) is 5.75 Å². The summed E-state index contributed by atoms with van der Waals surface area (Å²) in [6.07, 6.45) is 0. The van der Waals surface area contributed by atoms with E-state index in [4.69, 9.17) is 9.88 Å². The Kier molecular flexibility index (Phi) is 5.82. The van der Waals surface area contributed by atoms with Crippen LogP contribution in [0.4, 0.5) is 0 Å². The Morgan fingerprint density at radius 2 is 2.00 bits per heavy atom. The molecule has 0 bridgehead atoms. The van der Waals surface area contributed by atoms with Gasteiger partial charge in [0.05, 0.1) is 12.4 Å². The highest BCUT2D eigenvalue weighted by molar-refractivity contribution is 9.10. The van der Waals surface area contributed by atoms with Crippen molar-refractivity contribution in [2.45, 2.75) is 20.8 Å². The largest absolute Gasteiger partial charge is 0.493 e.